The van der Waals surface area contributed by atoms with Gasteiger partial charge in [0.15, 0.2) is 0 Å². The molecule has 0 radical (unpaired) electrons. The van der Waals surface area contributed by atoms with Crippen LogP contribution < -0.4 is 11.1 Å². The Balaban J connectivity index is 2.42. The predicted molar refractivity (Wildman–Crippen MR) is 74.4 cm³/mol. The van der Waals surface area contributed by atoms with Crippen LogP contribution in [0.1, 0.15) is 13.8 Å². The van der Waals surface area contributed by atoms with Gasteiger partial charge in [-0.05, 0) is 24.1 Å². The van der Waals surface area contributed by atoms with E-state index >= 15 is 0 Å². The Hall–Kier alpha value is -0.870. The highest BCUT2D eigenvalue weighted by Gasteiger charge is 2.06. The Labute approximate surface area is 111 Å². The van der Waals surface area contributed by atoms with Gasteiger partial charge in [-0.3, -0.25) is 4.79 Å². The molecule has 0 fully saturated rings. The van der Waals surface area contributed by atoms with Gasteiger partial charge in [0.25, 0.3) is 0 Å². The van der Waals surface area contributed by atoms with E-state index in [9.17, 15) is 4.79 Å². The molecule has 1 amide bonds. The van der Waals surface area contributed by atoms with Gasteiger partial charge >= 0.3 is 0 Å². The van der Waals surface area contributed by atoms with Gasteiger partial charge < -0.3 is 11.1 Å². The van der Waals surface area contributed by atoms with Crippen molar-refractivity contribution in [2.75, 3.05) is 18.0 Å². The molecule has 0 bridgehead atoms. The number of nitrogen functional groups attached to an aromatic ring is 1. The SMILES string of the molecule is CC(C)CNC(=O)CSc1ccc(N)cc1Cl. The second kappa shape index (κ2) is 6.77. The zero-order valence-corrected chi connectivity index (χ0v) is 11.6. The van der Waals surface area contributed by atoms with Crippen molar-refractivity contribution >= 4 is 35.0 Å². The fraction of sp³-hybridized carbons (Fsp3) is 0.417. The molecule has 1 rings (SSSR count). The van der Waals surface area contributed by atoms with Crippen molar-refractivity contribution in [3.8, 4) is 0 Å². The Morgan fingerprint density at radius 3 is 2.82 bits per heavy atom. The van der Waals surface area contributed by atoms with E-state index < -0.39 is 0 Å². The highest BCUT2D eigenvalue weighted by Crippen LogP contribution is 2.28. The van der Waals surface area contributed by atoms with Crippen LogP contribution in [0.4, 0.5) is 5.69 Å². The molecule has 0 aliphatic carbocycles. The summed E-state index contributed by atoms with van der Waals surface area (Å²) < 4.78 is 0. The van der Waals surface area contributed by atoms with Crippen LogP contribution in [0.25, 0.3) is 0 Å². The molecule has 1 aromatic carbocycles. The number of nitrogens with one attached hydrogen (secondary N) is 1. The van der Waals surface area contributed by atoms with Crippen molar-refractivity contribution in [3.05, 3.63) is 23.2 Å². The number of carbonyl (C=O) groups is 1. The fourth-order valence-corrected chi connectivity index (χ4v) is 2.25. The van der Waals surface area contributed by atoms with Crippen LogP contribution in [-0.4, -0.2) is 18.2 Å². The minimum Gasteiger partial charge on any atom is -0.399 e. The lowest BCUT2D eigenvalue weighted by atomic mass is 10.2. The number of nitrogens with two attached hydrogens (primary N) is 1. The van der Waals surface area contributed by atoms with E-state index in [0.717, 1.165) is 4.90 Å². The number of thioether (sulfide) groups is 1. The van der Waals surface area contributed by atoms with E-state index in [0.29, 0.717) is 28.9 Å². The van der Waals surface area contributed by atoms with Gasteiger partial charge in [-0.2, -0.15) is 0 Å². The molecule has 0 spiro atoms. The molecule has 1 aromatic rings. The molecule has 17 heavy (non-hydrogen) atoms. The highest BCUT2D eigenvalue weighted by molar-refractivity contribution is 8.00. The van der Waals surface area contributed by atoms with Crippen LogP contribution >= 0.6 is 23.4 Å². The molecule has 3 nitrogen and oxygen atoms in total. The standard InChI is InChI=1S/C12H17ClN2OS/c1-8(2)6-15-12(16)7-17-11-4-3-9(14)5-10(11)13/h3-5,8H,6-7,14H2,1-2H3,(H,15,16). The fourth-order valence-electron chi connectivity index (χ4n) is 1.15. The van der Waals surface area contributed by atoms with Crippen molar-refractivity contribution in [3.63, 3.8) is 0 Å². The number of hydrogen-bond donors (Lipinski definition) is 2. The van der Waals surface area contributed by atoms with E-state index in [1.165, 1.54) is 11.8 Å². The van der Waals surface area contributed by atoms with Crippen molar-refractivity contribution in [2.45, 2.75) is 18.7 Å². The number of hydrogen-bond acceptors (Lipinski definition) is 3. The molecule has 0 aliphatic rings. The van der Waals surface area contributed by atoms with Crippen LogP contribution in [-0.2, 0) is 4.79 Å². The number of anilines is 1. The predicted octanol–water partition coefficient (Wildman–Crippen LogP) is 2.79. The van der Waals surface area contributed by atoms with Gasteiger partial charge in [0.1, 0.15) is 0 Å². The van der Waals surface area contributed by atoms with Crippen molar-refractivity contribution in [2.24, 2.45) is 5.92 Å². The minimum atomic E-state index is 0.0246. The van der Waals surface area contributed by atoms with E-state index in [4.69, 9.17) is 17.3 Å². The first-order valence-electron chi connectivity index (χ1n) is 5.43. The average molecular weight is 273 g/mol. The third kappa shape index (κ3) is 5.33. The van der Waals surface area contributed by atoms with Crippen LogP contribution in [0.2, 0.25) is 5.02 Å². The summed E-state index contributed by atoms with van der Waals surface area (Å²) in [7, 11) is 0. The summed E-state index contributed by atoms with van der Waals surface area (Å²) in [6, 6.07) is 5.30. The van der Waals surface area contributed by atoms with Crippen molar-refractivity contribution in [1.82, 2.24) is 5.32 Å². The molecule has 0 heterocycles. The quantitative estimate of drug-likeness (QED) is 0.640. The molecule has 0 aromatic heterocycles. The lowest BCUT2D eigenvalue weighted by molar-refractivity contribution is -0.118. The summed E-state index contributed by atoms with van der Waals surface area (Å²) >= 11 is 7.42. The van der Waals surface area contributed by atoms with Gasteiger partial charge in [0, 0.05) is 17.1 Å². The molecular weight excluding hydrogens is 256 g/mol. The summed E-state index contributed by atoms with van der Waals surface area (Å²) in [6.45, 7) is 4.82. The van der Waals surface area contributed by atoms with Crippen LogP contribution in [0.5, 0.6) is 0 Å². The monoisotopic (exact) mass is 272 g/mol. The number of benzene rings is 1. The largest absolute Gasteiger partial charge is 0.399 e. The Bertz CT molecular complexity index is 396. The highest BCUT2D eigenvalue weighted by atomic mass is 35.5. The summed E-state index contributed by atoms with van der Waals surface area (Å²) in [5, 5.41) is 3.45. The Morgan fingerprint density at radius 1 is 1.53 bits per heavy atom. The molecule has 5 heteroatoms. The van der Waals surface area contributed by atoms with Gasteiger partial charge in [0.05, 0.1) is 10.8 Å². The third-order valence-corrected chi connectivity index (χ3v) is 3.52. The number of rotatable bonds is 5. The number of halogens is 1. The lowest BCUT2D eigenvalue weighted by Crippen LogP contribution is -2.28. The summed E-state index contributed by atoms with van der Waals surface area (Å²) in [6.07, 6.45) is 0. The molecule has 0 saturated carbocycles. The summed E-state index contributed by atoms with van der Waals surface area (Å²) in [5.74, 6) is 0.858. The Morgan fingerprint density at radius 2 is 2.24 bits per heavy atom. The van der Waals surface area contributed by atoms with Crippen LogP contribution in [0, 0.1) is 5.92 Å². The maximum Gasteiger partial charge on any atom is 0.230 e. The zero-order valence-electron chi connectivity index (χ0n) is 10.00. The maximum atomic E-state index is 11.5. The van der Waals surface area contributed by atoms with Gasteiger partial charge in [0.2, 0.25) is 5.91 Å². The van der Waals surface area contributed by atoms with Gasteiger partial charge in [-0.25, -0.2) is 0 Å². The summed E-state index contributed by atoms with van der Waals surface area (Å²) in [4.78, 5) is 12.4. The van der Waals surface area contributed by atoms with E-state index in [-0.39, 0.29) is 5.91 Å². The molecule has 0 saturated heterocycles. The molecule has 0 unspecified atom stereocenters. The topological polar surface area (TPSA) is 55.1 Å². The van der Waals surface area contributed by atoms with E-state index in [1.54, 1.807) is 12.1 Å². The third-order valence-electron chi connectivity index (χ3n) is 2.02. The van der Waals surface area contributed by atoms with Gasteiger partial charge in [-0.15, -0.1) is 11.8 Å². The lowest BCUT2D eigenvalue weighted by Gasteiger charge is -2.08. The van der Waals surface area contributed by atoms with E-state index in [2.05, 4.69) is 19.2 Å². The normalized spacial score (nSPS) is 10.6. The summed E-state index contributed by atoms with van der Waals surface area (Å²) in [5.41, 5.74) is 6.22. The minimum absolute atomic E-state index is 0.0246. The van der Waals surface area contributed by atoms with Crippen LogP contribution in [0.15, 0.2) is 23.1 Å². The van der Waals surface area contributed by atoms with Crippen molar-refractivity contribution < 1.29 is 4.79 Å². The average Bonchev–Trinajstić information content (AvgIpc) is 2.25. The zero-order chi connectivity index (χ0) is 12.8. The second-order valence-corrected chi connectivity index (χ2v) is 5.60. The first-order valence-corrected chi connectivity index (χ1v) is 6.80. The number of amides is 1. The van der Waals surface area contributed by atoms with Crippen molar-refractivity contribution in [1.29, 1.82) is 0 Å². The molecule has 3 N–H and O–H groups in total. The molecular formula is C12H17ClN2OS. The molecule has 94 valence electrons. The molecule has 0 atom stereocenters. The van der Waals surface area contributed by atoms with Gasteiger partial charge in [-0.1, -0.05) is 25.4 Å². The van der Waals surface area contributed by atoms with E-state index in [1.807, 2.05) is 6.07 Å². The number of carbonyl (C=O) groups excluding carboxylic acids is 1. The maximum absolute atomic E-state index is 11.5. The smallest absolute Gasteiger partial charge is 0.230 e. The second-order valence-electron chi connectivity index (χ2n) is 4.18. The Kier molecular flexibility index (Phi) is 5.65. The molecule has 0 aliphatic heterocycles. The first-order chi connectivity index (χ1) is 7.99. The van der Waals surface area contributed by atoms with Crippen LogP contribution in [0.3, 0.4) is 0 Å². The first kappa shape index (κ1) is 14.2.